The van der Waals surface area contributed by atoms with Gasteiger partial charge in [0.2, 0.25) is 5.95 Å². The molecule has 5 heteroatoms. The van der Waals surface area contributed by atoms with Gasteiger partial charge in [-0.15, -0.1) is 0 Å². The van der Waals surface area contributed by atoms with Crippen molar-refractivity contribution in [1.29, 1.82) is 0 Å². The molecule has 0 unspecified atom stereocenters. The van der Waals surface area contributed by atoms with Crippen molar-refractivity contribution in [3.63, 3.8) is 0 Å². The Bertz CT molecular complexity index is 873. The van der Waals surface area contributed by atoms with E-state index in [0.717, 1.165) is 11.3 Å². The summed E-state index contributed by atoms with van der Waals surface area (Å²) < 4.78 is 13.9. The SMILES string of the molecule is CC(C)(C)Nc1nc(NCc2ccccc2F)cc(-c2ccccc2)n1. The van der Waals surface area contributed by atoms with Gasteiger partial charge in [-0.25, -0.2) is 9.37 Å². The summed E-state index contributed by atoms with van der Waals surface area (Å²) in [6.07, 6.45) is 0. The zero-order valence-corrected chi connectivity index (χ0v) is 15.3. The molecule has 0 saturated heterocycles. The van der Waals surface area contributed by atoms with Crippen molar-refractivity contribution in [1.82, 2.24) is 9.97 Å². The highest BCUT2D eigenvalue weighted by molar-refractivity contribution is 5.64. The van der Waals surface area contributed by atoms with Gasteiger partial charge < -0.3 is 10.6 Å². The number of benzene rings is 2. The number of aromatic nitrogens is 2. The summed E-state index contributed by atoms with van der Waals surface area (Å²) >= 11 is 0. The lowest BCUT2D eigenvalue weighted by Gasteiger charge is -2.21. The molecular formula is C21H23FN4. The minimum atomic E-state index is -0.231. The van der Waals surface area contributed by atoms with Crippen molar-refractivity contribution in [3.05, 3.63) is 72.0 Å². The summed E-state index contributed by atoms with van der Waals surface area (Å²) in [6, 6.07) is 18.5. The Morgan fingerprint density at radius 1 is 0.923 bits per heavy atom. The van der Waals surface area contributed by atoms with Gasteiger partial charge in [0.25, 0.3) is 0 Å². The molecular weight excluding hydrogens is 327 g/mol. The lowest BCUT2D eigenvalue weighted by Crippen LogP contribution is -2.27. The van der Waals surface area contributed by atoms with Crippen LogP contribution in [-0.2, 0) is 6.54 Å². The molecule has 2 aromatic carbocycles. The van der Waals surface area contributed by atoms with E-state index >= 15 is 0 Å². The van der Waals surface area contributed by atoms with Crippen molar-refractivity contribution in [2.75, 3.05) is 10.6 Å². The van der Waals surface area contributed by atoms with Crippen LogP contribution < -0.4 is 10.6 Å². The van der Waals surface area contributed by atoms with E-state index in [-0.39, 0.29) is 11.4 Å². The third kappa shape index (κ3) is 4.79. The quantitative estimate of drug-likeness (QED) is 0.672. The zero-order chi connectivity index (χ0) is 18.6. The fourth-order valence-electron chi connectivity index (χ4n) is 2.51. The molecule has 0 aliphatic carbocycles. The van der Waals surface area contributed by atoms with Crippen molar-refractivity contribution in [2.45, 2.75) is 32.9 Å². The van der Waals surface area contributed by atoms with Crippen molar-refractivity contribution < 1.29 is 4.39 Å². The first-order valence-electron chi connectivity index (χ1n) is 8.61. The minimum Gasteiger partial charge on any atom is -0.366 e. The Kier molecular flexibility index (Phi) is 5.16. The standard InChI is InChI=1S/C21H23FN4/c1-21(2,3)26-20-24-18(15-9-5-4-6-10-15)13-19(25-20)23-14-16-11-7-8-12-17(16)22/h4-13H,14H2,1-3H3,(H2,23,24,25,26). The second-order valence-corrected chi connectivity index (χ2v) is 7.15. The van der Waals surface area contributed by atoms with Gasteiger partial charge in [0, 0.05) is 29.3 Å². The van der Waals surface area contributed by atoms with E-state index in [1.165, 1.54) is 6.07 Å². The fraction of sp³-hybridized carbons (Fsp3) is 0.238. The first-order chi connectivity index (χ1) is 12.4. The van der Waals surface area contributed by atoms with E-state index in [9.17, 15) is 4.39 Å². The van der Waals surface area contributed by atoms with Crippen LogP contribution in [-0.4, -0.2) is 15.5 Å². The summed E-state index contributed by atoms with van der Waals surface area (Å²) in [5.74, 6) is 0.953. The van der Waals surface area contributed by atoms with E-state index in [1.807, 2.05) is 42.5 Å². The Morgan fingerprint density at radius 2 is 1.62 bits per heavy atom. The van der Waals surface area contributed by atoms with Crippen LogP contribution in [0, 0.1) is 5.82 Å². The van der Waals surface area contributed by atoms with E-state index in [2.05, 4.69) is 41.4 Å². The molecule has 3 aromatic rings. The molecule has 1 heterocycles. The first-order valence-corrected chi connectivity index (χ1v) is 8.61. The highest BCUT2D eigenvalue weighted by atomic mass is 19.1. The molecule has 4 nitrogen and oxygen atoms in total. The van der Waals surface area contributed by atoms with E-state index in [0.29, 0.717) is 23.9 Å². The maximum Gasteiger partial charge on any atom is 0.225 e. The molecule has 0 spiro atoms. The molecule has 1 aromatic heterocycles. The normalized spacial score (nSPS) is 11.2. The number of nitrogens with one attached hydrogen (secondary N) is 2. The lowest BCUT2D eigenvalue weighted by molar-refractivity contribution is 0.613. The maximum absolute atomic E-state index is 13.9. The van der Waals surface area contributed by atoms with Gasteiger partial charge in [0.1, 0.15) is 11.6 Å². The third-order valence-electron chi connectivity index (χ3n) is 3.70. The molecule has 0 aliphatic heterocycles. The van der Waals surface area contributed by atoms with E-state index in [1.54, 1.807) is 12.1 Å². The Morgan fingerprint density at radius 3 is 2.31 bits per heavy atom. The molecule has 3 rings (SSSR count). The molecule has 0 radical (unpaired) electrons. The first kappa shape index (κ1) is 17.9. The smallest absolute Gasteiger partial charge is 0.225 e. The van der Waals surface area contributed by atoms with Crippen LogP contribution in [0.4, 0.5) is 16.2 Å². The van der Waals surface area contributed by atoms with Crippen LogP contribution in [0.2, 0.25) is 0 Å². The molecule has 0 aliphatic rings. The molecule has 0 amide bonds. The molecule has 0 saturated carbocycles. The van der Waals surface area contributed by atoms with Crippen molar-refractivity contribution in [3.8, 4) is 11.3 Å². The second kappa shape index (κ2) is 7.52. The van der Waals surface area contributed by atoms with Crippen molar-refractivity contribution >= 4 is 11.8 Å². The number of hydrogen-bond acceptors (Lipinski definition) is 4. The van der Waals surface area contributed by atoms with Crippen LogP contribution in [0.5, 0.6) is 0 Å². The number of anilines is 2. The number of rotatable bonds is 5. The molecule has 2 N–H and O–H groups in total. The topological polar surface area (TPSA) is 49.8 Å². The largest absolute Gasteiger partial charge is 0.366 e. The van der Waals surface area contributed by atoms with Gasteiger partial charge in [-0.2, -0.15) is 4.98 Å². The van der Waals surface area contributed by atoms with E-state index < -0.39 is 0 Å². The summed E-state index contributed by atoms with van der Waals surface area (Å²) in [5.41, 5.74) is 2.24. The molecule has 0 bridgehead atoms. The average molecular weight is 350 g/mol. The van der Waals surface area contributed by atoms with Crippen LogP contribution in [0.15, 0.2) is 60.7 Å². The predicted molar refractivity (Wildman–Crippen MR) is 105 cm³/mol. The van der Waals surface area contributed by atoms with Crippen LogP contribution >= 0.6 is 0 Å². The summed E-state index contributed by atoms with van der Waals surface area (Å²) in [7, 11) is 0. The Balaban J connectivity index is 1.90. The average Bonchev–Trinajstić information content (AvgIpc) is 2.60. The van der Waals surface area contributed by atoms with Gasteiger partial charge in [-0.05, 0) is 26.8 Å². The Hall–Kier alpha value is -2.95. The lowest BCUT2D eigenvalue weighted by atomic mass is 10.1. The summed E-state index contributed by atoms with van der Waals surface area (Å²) in [5, 5.41) is 6.51. The summed E-state index contributed by atoms with van der Waals surface area (Å²) in [4.78, 5) is 9.16. The van der Waals surface area contributed by atoms with Gasteiger partial charge in [-0.3, -0.25) is 0 Å². The fourth-order valence-corrected chi connectivity index (χ4v) is 2.51. The number of halogens is 1. The van der Waals surface area contributed by atoms with Gasteiger partial charge in [-0.1, -0.05) is 48.5 Å². The van der Waals surface area contributed by atoms with Gasteiger partial charge in [0.05, 0.1) is 5.69 Å². The number of hydrogen-bond donors (Lipinski definition) is 2. The van der Waals surface area contributed by atoms with Crippen LogP contribution in [0.25, 0.3) is 11.3 Å². The Labute approximate surface area is 153 Å². The minimum absolute atomic E-state index is 0.169. The van der Waals surface area contributed by atoms with Crippen LogP contribution in [0.3, 0.4) is 0 Å². The number of nitrogens with zero attached hydrogens (tertiary/aromatic N) is 2. The van der Waals surface area contributed by atoms with Gasteiger partial charge >= 0.3 is 0 Å². The molecule has 0 fully saturated rings. The zero-order valence-electron chi connectivity index (χ0n) is 15.3. The highest BCUT2D eigenvalue weighted by Gasteiger charge is 2.14. The summed E-state index contributed by atoms with van der Waals surface area (Å²) in [6.45, 7) is 6.51. The van der Waals surface area contributed by atoms with E-state index in [4.69, 9.17) is 0 Å². The molecule has 134 valence electrons. The van der Waals surface area contributed by atoms with Crippen molar-refractivity contribution in [2.24, 2.45) is 0 Å². The molecule has 0 atom stereocenters. The highest BCUT2D eigenvalue weighted by Crippen LogP contribution is 2.23. The molecule has 26 heavy (non-hydrogen) atoms. The monoisotopic (exact) mass is 350 g/mol. The third-order valence-corrected chi connectivity index (χ3v) is 3.70. The van der Waals surface area contributed by atoms with Gasteiger partial charge in [0.15, 0.2) is 0 Å². The maximum atomic E-state index is 13.9. The van der Waals surface area contributed by atoms with Crippen LogP contribution in [0.1, 0.15) is 26.3 Å². The second-order valence-electron chi connectivity index (χ2n) is 7.15. The predicted octanol–water partition coefficient (Wildman–Crippen LogP) is 5.11.